The van der Waals surface area contributed by atoms with Gasteiger partial charge in [0, 0.05) is 5.75 Å². The molecule has 0 aliphatic heterocycles. The Morgan fingerprint density at radius 3 is 1.22 bits per heavy atom. The Labute approximate surface area is 218 Å². The lowest BCUT2D eigenvalue weighted by molar-refractivity contribution is -0.139. The molecule has 1 aromatic rings. The third-order valence-corrected chi connectivity index (χ3v) is 3.46. The molecule has 0 spiro atoms. The average Bonchev–Trinajstić information content (AvgIpc) is 2.80. The lowest BCUT2D eigenvalue weighted by atomic mass is 10.1. The van der Waals surface area contributed by atoms with E-state index in [2.05, 4.69) is 37.3 Å². The van der Waals surface area contributed by atoms with E-state index in [4.69, 9.17) is 42.7 Å². The van der Waals surface area contributed by atoms with Crippen LogP contribution < -0.4 is 28.7 Å². The number of thiol groups is 1. The Kier molecular flexibility index (Phi) is 25.6. The smallest absolute Gasteiger partial charge is 0.351 e. The van der Waals surface area contributed by atoms with Crippen LogP contribution in [0.25, 0.3) is 0 Å². The second-order valence-corrected chi connectivity index (χ2v) is 6.91. The highest BCUT2D eigenvalue weighted by Crippen LogP contribution is 2.01. The summed E-state index contributed by atoms with van der Waals surface area (Å²) in [5.41, 5.74) is 24.7. The molecule has 0 heterocycles. The van der Waals surface area contributed by atoms with E-state index in [1.54, 1.807) is 0 Å². The molecule has 15 N–H and O–H groups in total. The number of benzene rings is 1. The SMILES string of the molecule is C=C(N)C(=O)O.C=C(N)C(=O)O.C[C@H](N)C(=O)O.N[C@@H](CS)C(=O)O.N[C@@H](Cc1ccccc1)C(=O)O. The summed E-state index contributed by atoms with van der Waals surface area (Å²) in [6.45, 7) is 7.28. The molecular weight excluding hydrogens is 514 g/mol. The molecule has 0 saturated carbocycles. The van der Waals surface area contributed by atoms with Crippen molar-refractivity contribution in [2.45, 2.75) is 31.5 Å². The van der Waals surface area contributed by atoms with Crippen molar-refractivity contribution < 1.29 is 49.5 Å². The number of carbonyl (C=O) groups is 5. The first-order valence-corrected chi connectivity index (χ1v) is 10.4. The van der Waals surface area contributed by atoms with E-state index >= 15 is 0 Å². The molecule has 16 heteroatoms. The number of carboxylic acid groups (broad SMARTS) is 5. The highest BCUT2D eigenvalue weighted by molar-refractivity contribution is 7.80. The maximum atomic E-state index is 10.4. The highest BCUT2D eigenvalue weighted by Gasteiger charge is 2.11. The van der Waals surface area contributed by atoms with Gasteiger partial charge >= 0.3 is 29.8 Å². The van der Waals surface area contributed by atoms with Crippen LogP contribution in [0.5, 0.6) is 0 Å². The van der Waals surface area contributed by atoms with Crippen LogP contribution in [0.2, 0.25) is 0 Å². The van der Waals surface area contributed by atoms with Gasteiger partial charge in [-0.3, -0.25) is 14.4 Å². The van der Waals surface area contributed by atoms with Gasteiger partial charge in [0.25, 0.3) is 0 Å². The van der Waals surface area contributed by atoms with Crippen molar-refractivity contribution in [3.05, 3.63) is 60.4 Å². The van der Waals surface area contributed by atoms with E-state index in [0.717, 1.165) is 5.56 Å². The maximum Gasteiger partial charge on any atom is 0.351 e. The minimum absolute atomic E-state index is 0.190. The third-order valence-electron chi connectivity index (χ3n) is 3.07. The summed E-state index contributed by atoms with van der Waals surface area (Å²) in [7, 11) is 0. The van der Waals surface area contributed by atoms with Gasteiger partial charge in [0.05, 0.1) is 0 Å². The lowest BCUT2D eigenvalue weighted by Gasteiger charge is -2.04. The summed E-state index contributed by atoms with van der Waals surface area (Å²) in [5, 5.41) is 39.9. The van der Waals surface area contributed by atoms with Crippen LogP contribution >= 0.6 is 12.6 Å². The van der Waals surface area contributed by atoms with Crippen LogP contribution in [-0.2, 0) is 30.4 Å². The zero-order valence-electron chi connectivity index (χ0n) is 20.1. The van der Waals surface area contributed by atoms with E-state index < -0.39 is 48.0 Å². The van der Waals surface area contributed by atoms with Gasteiger partial charge in [-0.05, 0) is 18.9 Å². The summed E-state index contributed by atoms with van der Waals surface area (Å²) < 4.78 is 0. The summed E-state index contributed by atoms with van der Waals surface area (Å²) in [4.78, 5) is 48.7. The number of hydrogen-bond acceptors (Lipinski definition) is 11. The van der Waals surface area contributed by atoms with Crippen molar-refractivity contribution in [2.24, 2.45) is 28.7 Å². The van der Waals surface area contributed by atoms with Gasteiger partial charge in [-0.2, -0.15) is 12.6 Å². The Bertz CT molecular complexity index is 834. The minimum Gasteiger partial charge on any atom is -0.480 e. The molecule has 0 amide bonds. The largest absolute Gasteiger partial charge is 0.480 e. The van der Waals surface area contributed by atoms with Crippen molar-refractivity contribution in [3.63, 3.8) is 0 Å². The number of hydrogen-bond donors (Lipinski definition) is 11. The fraction of sp³-hybridized carbons (Fsp3) is 0.286. The zero-order valence-corrected chi connectivity index (χ0v) is 21.0. The molecular formula is C21H35N5O10S. The second-order valence-electron chi connectivity index (χ2n) is 6.55. The minimum atomic E-state index is -1.16. The molecule has 1 aromatic carbocycles. The third kappa shape index (κ3) is 31.9. The molecule has 0 bridgehead atoms. The fourth-order valence-corrected chi connectivity index (χ4v) is 1.19. The summed E-state index contributed by atoms with van der Waals surface area (Å²) >= 11 is 3.65. The Morgan fingerprint density at radius 1 is 0.757 bits per heavy atom. The first-order chi connectivity index (χ1) is 16.8. The molecule has 0 saturated heterocycles. The van der Waals surface area contributed by atoms with Crippen molar-refractivity contribution in [2.75, 3.05) is 5.75 Å². The van der Waals surface area contributed by atoms with E-state index in [0.29, 0.717) is 6.42 Å². The second kappa shape index (κ2) is 23.6. The first-order valence-electron chi connectivity index (χ1n) is 9.76. The molecule has 0 aliphatic rings. The number of aliphatic carboxylic acids is 5. The van der Waals surface area contributed by atoms with Crippen molar-refractivity contribution in [1.29, 1.82) is 0 Å². The normalized spacial score (nSPS) is 11.2. The summed E-state index contributed by atoms with van der Waals surface area (Å²) in [6.07, 6.45) is 0.385. The monoisotopic (exact) mass is 549 g/mol. The van der Waals surface area contributed by atoms with E-state index in [-0.39, 0.29) is 17.1 Å². The van der Waals surface area contributed by atoms with Gasteiger partial charge in [0.1, 0.15) is 29.5 Å². The maximum absolute atomic E-state index is 10.4. The molecule has 37 heavy (non-hydrogen) atoms. The van der Waals surface area contributed by atoms with Crippen LogP contribution in [0.3, 0.4) is 0 Å². The Balaban J connectivity index is -0.000000192. The van der Waals surface area contributed by atoms with Crippen LogP contribution in [0.15, 0.2) is 54.9 Å². The topological polar surface area (TPSA) is 317 Å². The van der Waals surface area contributed by atoms with Crippen molar-refractivity contribution >= 4 is 42.5 Å². The zero-order chi connectivity index (χ0) is 30.3. The fourth-order valence-electron chi connectivity index (χ4n) is 1.03. The lowest BCUT2D eigenvalue weighted by Crippen LogP contribution is -2.32. The Morgan fingerprint density at radius 2 is 1.05 bits per heavy atom. The van der Waals surface area contributed by atoms with Gasteiger partial charge < -0.3 is 54.2 Å². The van der Waals surface area contributed by atoms with Crippen molar-refractivity contribution in [3.8, 4) is 0 Å². The van der Waals surface area contributed by atoms with E-state index in [1.807, 2.05) is 30.3 Å². The van der Waals surface area contributed by atoms with Gasteiger partial charge in [-0.1, -0.05) is 43.5 Å². The van der Waals surface area contributed by atoms with E-state index in [9.17, 15) is 24.0 Å². The molecule has 0 radical (unpaired) electrons. The van der Waals surface area contributed by atoms with Gasteiger partial charge in [-0.25, -0.2) is 9.59 Å². The van der Waals surface area contributed by atoms with Gasteiger partial charge in [0.15, 0.2) is 0 Å². The quantitative estimate of drug-likeness (QED) is 0.129. The molecule has 15 nitrogen and oxygen atoms in total. The molecule has 210 valence electrons. The standard InChI is InChI=1S/C9H11NO2.C3H7NO2S.C3H7NO2.2C3H5NO2/c10-8(9(11)12)6-7-4-2-1-3-5-7;4-2(1-7)3(5)6;3*1-2(4)3(5)6/h1-5,8H,6,10H2,(H,11,12);2,7H,1,4H2,(H,5,6);2H,4H2,1H3,(H,5,6);2*1,4H2,(H,5,6)/t8-;2*2-;;/m000../s1. The van der Waals surface area contributed by atoms with E-state index in [1.165, 1.54) is 6.92 Å². The summed E-state index contributed by atoms with van der Waals surface area (Å²) in [5.74, 6) is -5.05. The molecule has 0 fully saturated rings. The van der Waals surface area contributed by atoms with Crippen LogP contribution in [0.1, 0.15) is 12.5 Å². The van der Waals surface area contributed by atoms with Gasteiger partial charge in [0.2, 0.25) is 0 Å². The molecule has 3 atom stereocenters. The van der Waals surface area contributed by atoms with Crippen LogP contribution in [-0.4, -0.2) is 79.3 Å². The molecule has 0 aliphatic carbocycles. The van der Waals surface area contributed by atoms with Crippen LogP contribution in [0.4, 0.5) is 0 Å². The first kappa shape index (κ1) is 40.1. The number of rotatable bonds is 8. The highest BCUT2D eigenvalue weighted by atomic mass is 32.1. The number of nitrogens with two attached hydrogens (primary N) is 5. The Hall–Kier alpha value is -4.12. The molecule has 1 rings (SSSR count). The molecule has 0 aromatic heterocycles. The molecule has 0 unspecified atom stereocenters. The van der Waals surface area contributed by atoms with Gasteiger partial charge in [-0.15, -0.1) is 0 Å². The summed E-state index contributed by atoms with van der Waals surface area (Å²) in [6, 6.07) is 7.00. The predicted octanol–water partition coefficient (Wildman–Crippen LogP) is -1.53. The van der Waals surface area contributed by atoms with Crippen LogP contribution in [0, 0.1) is 0 Å². The predicted molar refractivity (Wildman–Crippen MR) is 138 cm³/mol. The number of carboxylic acids is 5. The average molecular weight is 550 g/mol. The van der Waals surface area contributed by atoms with Crippen molar-refractivity contribution in [1.82, 2.24) is 0 Å².